The first-order chi connectivity index (χ1) is 14.9. The molecule has 2 saturated heterocycles. The number of guanidine groups is 1. The number of halogens is 1. The van der Waals surface area contributed by atoms with E-state index in [9.17, 15) is 14.7 Å². The molecule has 0 bridgehead atoms. The summed E-state index contributed by atoms with van der Waals surface area (Å²) in [5, 5.41) is 11.2. The fourth-order valence-electron chi connectivity index (χ4n) is 4.33. The van der Waals surface area contributed by atoms with Crippen LogP contribution in [0, 0.1) is 0 Å². The molecular formula is C21H28ClN5O4. The van der Waals surface area contributed by atoms with Gasteiger partial charge in [-0.15, -0.1) is 0 Å². The number of imide groups is 1. The van der Waals surface area contributed by atoms with Crippen molar-refractivity contribution in [2.24, 2.45) is 4.99 Å². The van der Waals surface area contributed by atoms with Crippen molar-refractivity contribution in [2.45, 2.75) is 37.6 Å². The molecule has 3 aliphatic heterocycles. The third kappa shape index (κ3) is 4.16. The number of likely N-dealkylation sites (N-methyl/N-ethyl adjacent to an activating group) is 2. The van der Waals surface area contributed by atoms with Crippen molar-refractivity contribution < 1.29 is 19.4 Å². The van der Waals surface area contributed by atoms with Crippen LogP contribution in [-0.2, 0) is 4.79 Å². The standard InChI is InChI=1S/C21H28ClN5O4/c1-24-18-17(19(29)25(2)21(24)30)27(20(23-18)26-10-6-3-7-11-26)12-14(28)13-31-16-9-5-4-8-15(16)22/h4-5,8-9,14,17-18,28H,3,6-7,10-13H2,1-2H3. The van der Waals surface area contributed by atoms with E-state index < -0.39 is 18.3 Å². The van der Waals surface area contributed by atoms with E-state index in [2.05, 4.69) is 4.90 Å². The van der Waals surface area contributed by atoms with Gasteiger partial charge in [0.25, 0.3) is 5.91 Å². The van der Waals surface area contributed by atoms with Crippen LogP contribution in [0.3, 0.4) is 0 Å². The second-order valence-electron chi connectivity index (χ2n) is 8.17. The summed E-state index contributed by atoms with van der Waals surface area (Å²) in [6.45, 7) is 1.84. The molecule has 0 saturated carbocycles. The Morgan fingerprint density at radius 2 is 1.90 bits per heavy atom. The molecule has 10 heteroatoms. The van der Waals surface area contributed by atoms with Gasteiger partial charge in [-0.3, -0.25) is 9.69 Å². The normalized spacial score (nSPS) is 25.0. The van der Waals surface area contributed by atoms with E-state index in [-0.39, 0.29) is 25.1 Å². The van der Waals surface area contributed by atoms with Gasteiger partial charge in [-0.1, -0.05) is 23.7 Å². The van der Waals surface area contributed by atoms with Crippen LogP contribution in [-0.4, -0.2) is 101 Å². The number of aliphatic hydroxyl groups excluding tert-OH is 1. The minimum absolute atomic E-state index is 0.0176. The average molecular weight is 450 g/mol. The highest BCUT2D eigenvalue weighted by Gasteiger charge is 2.52. The van der Waals surface area contributed by atoms with Crippen molar-refractivity contribution in [3.8, 4) is 5.75 Å². The number of benzene rings is 1. The Balaban J connectivity index is 1.53. The van der Waals surface area contributed by atoms with Gasteiger partial charge in [-0.25, -0.2) is 9.79 Å². The summed E-state index contributed by atoms with van der Waals surface area (Å²) in [5.41, 5.74) is 0. The Labute approximate surface area is 186 Å². The maximum absolute atomic E-state index is 13.0. The smallest absolute Gasteiger partial charge is 0.328 e. The largest absolute Gasteiger partial charge is 0.489 e. The first kappa shape index (κ1) is 21.7. The number of aliphatic hydroxyl groups is 1. The second kappa shape index (κ2) is 8.92. The molecule has 3 heterocycles. The number of amides is 3. The number of hydrogen-bond acceptors (Lipinski definition) is 7. The highest BCUT2D eigenvalue weighted by Crippen LogP contribution is 2.30. The quantitative estimate of drug-likeness (QED) is 0.732. The molecule has 0 aromatic heterocycles. The molecule has 1 aromatic rings. The number of nitrogens with zero attached hydrogens (tertiary/aromatic N) is 5. The molecule has 3 aliphatic rings. The number of aliphatic imine (C=N–C) groups is 1. The summed E-state index contributed by atoms with van der Waals surface area (Å²) in [7, 11) is 3.13. The highest BCUT2D eigenvalue weighted by molar-refractivity contribution is 6.32. The SMILES string of the molecule is CN1C(=O)C2C(N=C(N3CCCCC3)N2CC(O)COc2ccccc2Cl)N(C)C1=O. The lowest BCUT2D eigenvalue weighted by Gasteiger charge is -2.41. The number of likely N-dealkylation sites (tertiary alicyclic amines) is 1. The van der Waals surface area contributed by atoms with Gasteiger partial charge in [-0.05, 0) is 31.4 Å². The molecule has 1 N–H and O–H groups in total. The minimum atomic E-state index is -0.883. The van der Waals surface area contributed by atoms with E-state index >= 15 is 0 Å². The van der Waals surface area contributed by atoms with Gasteiger partial charge in [0.15, 0.2) is 18.2 Å². The molecule has 0 radical (unpaired) electrons. The summed E-state index contributed by atoms with van der Waals surface area (Å²) in [6.07, 6.45) is 1.76. The molecule has 3 atom stereocenters. The van der Waals surface area contributed by atoms with Crippen molar-refractivity contribution in [3.05, 3.63) is 29.3 Å². The van der Waals surface area contributed by atoms with Gasteiger partial charge in [0.1, 0.15) is 18.5 Å². The maximum Gasteiger partial charge on any atom is 0.328 e. The molecule has 3 amide bonds. The van der Waals surface area contributed by atoms with Gasteiger partial charge in [-0.2, -0.15) is 0 Å². The third-order valence-corrected chi connectivity index (χ3v) is 6.32. The van der Waals surface area contributed by atoms with Crippen LogP contribution in [0.5, 0.6) is 5.75 Å². The number of ether oxygens (including phenoxy) is 1. The van der Waals surface area contributed by atoms with Gasteiger partial charge < -0.3 is 24.5 Å². The number of hydrogen-bond donors (Lipinski definition) is 1. The molecular weight excluding hydrogens is 422 g/mol. The summed E-state index contributed by atoms with van der Waals surface area (Å²) < 4.78 is 5.69. The first-order valence-corrected chi connectivity index (χ1v) is 11.0. The van der Waals surface area contributed by atoms with E-state index in [0.29, 0.717) is 16.7 Å². The van der Waals surface area contributed by atoms with Crippen molar-refractivity contribution in [1.82, 2.24) is 19.6 Å². The van der Waals surface area contributed by atoms with Crippen LogP contribution in [0.2, 0.25) is 5.02 Å². The van der Waals surface area contributed by atoms with Crippen LogP contribution >= 0.6 is 11.6 Å². The Bertz CT molecular complexity index is 875. The first-order valence-electron chi connectivity index (χ1n) is 10.6. The molecule has 3 unspecified atom stereocenters. The number of carbonyl (C=O) groups is 2. The topological polar surface area (TPSA) is 88.9 Å². The van der Waals surface area contributed by atoms with Crippen LogP contribution in [0.4, 0.5) is 4.79 Å². The predicted molar refractivity (Wildman–Crippen MR) is 116 cm³/mol. The number of rotatable bonds is 5. The van der Waals surface area contributed by atoms with Crippen molar-refractivity contribution in [3.63, 3.8) is 0 Å². The maximum atomic E-state index is 13.0. The molecule has 4 rings (SSSR count). The average Bonchev–Trinajstić information content (AvgIpc) is 3.15. The Kier molecular flexibility index (Phi) is 6.24. The van der Waals surface area contributed by atoms with Crippen molar-refractivity contribution >= 4 is 29.5 Å². The predicted octanol–water partition coefficient (Wildman–Crippen LogP) is 1.46. The van der Waals surface area contributed by atoms with Crippen LogP contribution < -0.4 is 4.74 Å². The zero-order chi connectivity index (χ0) is 22.1. The Hall–Kier alpha value is -2.52. The van der Waals surface area contributed by atoms with Gasteiger partial charge in [0.05, 0.1) is 11.6 Å². The molecule has 0 spiro atoms. The van der Waals surface area contributed by atoms with Crippen LogP contribution in [0.1, 0.15) is 19.3 Å². The number of carbonyl (C=O) groups excluding carboxylic acids is 2. The highest BCUT2D eigenvalue weighted by atomic mass is 35.5. The lowest BCUT2D eigenvalue weighted by Crippen LogP contribution is -2.65. The minimum Gasteiger partial charge on any atom is -0.489 e. The van der Waals surface area contributed by atoms with Gasteiger partial charge in [0.2, 0.25) is 0 Å². The lowest BCUT2D eigenvalue weighted by atomic mass is 10.1. The fraction of sp³-hybridized carbons (Fsp3) is 0.571. The summed E-state index contributed by atoms with van der Waals surface area (Å²) in [5.74, 6) is 0.837. The van der Waals surface area contributed by atoms with Crippen LogP contribution in [0.25, 0.3) is 0 Å². The van der Waals surface area contributed by atoms with Gasteiger partial charge in [0, 0.05) is 27.2 Å². The van der Waals surface area contributed by atoms with E-state index in [0.717, 1.165) is 37.3 Å². The zero-order valence-electron chi connectivity index (χ0n) is 17.8. The number of fused-ring (bicyclic) bond motifs is 1. The van der Waals surface area contributed by atoms with E-state index in [4.69, 9.17) is 21.3 Å². The monoisotopic (exact) mass is 449 g/mol. The molecule has 2 fully saturated rings. The molecule has 1 aromatic carbocycles. The lowest BCUT2D eigenvalue weighted by molar-refractivity contribution is -0.136. The molecule has 31 heavy (non-hydrogen) atoms. The number of para-hydroxylation sites is 1. The third-order valence-electron chi connectivity index (χ3n) is 6.01. The van der Waals surface area contributed by atoms with Crippen LogP contribution in [0.15, 0.2) is 29.3 Å². The molecule has 9 nitrogen and oxygen atoms in total. The Morgan fingerprint density at radius 1 is 1.19 bits per heavy atom. The molecule has 168 valence electrons. The summed E-state index contributed by atoms with van der Waals surface area (Å²) >= 11 is 6.13. The number of urea groups is 1. The number of β-amino-alcohol motifs (C(OH)–C–C–N with tert-alkyl or cyclic N) is 1. The van der Waals surface area contributed by atoms with Gasteiger partial charge >= 0.3 is 6.03 Å². The second-order valence-corrected chi connectivity index (χ2v) is 8.58. The van der Waals surface area contributed by atoms with E-state index in [1.165, 1.54) is 11.9 Å². The molecule has 0 aliphatic carbocycles. The van der Waals surface area contributed by atoms with E-state index in [1.807, 2.05) is 11.0 Å². The zero-order valence-corrected chi connectivity index (χ0v) is 18.5. The summed E-state index contributed by atoms with van der Waals surface area (Å²) in [4.78, 5) is 36.8. The number of piperidine rings is 1. The Morgan fingerprint density at radius 3 is 2.61 bits per heavy atom. The van der Waals surface area contributed by atoms with Crippen molar-refractivity contribution in [1.29, 1.82) is 0 Å². The summed E-state index contributed by atoms with van der Waals surface area (Å²) in [6, 6.07) is 6.03. The fourth-order valence-corrected chi connectivity index (χ4v) is 4.52. The van der Waals surface area contributed by atoms with E-state index in [1.54, 1.807) is 25.2 Å². The van der Waals surface area contributed by atoms with Crippen molar-refractivity contribution in [2.75, 3.05) is 40.3 Å².